The lowest BCUT2D eigenvalue weighted by Gasteiger charge is -2.05. The fraction of sp³-hybridized carbons (Fsp3) is 0.700. The highest BCUT2D eigenvalue weighted by Gasteiger charge is 2.01. The predicted octanol–water partition coefficient (Wildman–Crippen LogP) is 0.467. The molecule has 1 aromatic rings. The third kappa shape index (κ3) is 4.50. The molecule has 0 aromatic carbocycles. The molecule has 0 aliphatic rings. The van der Waals surface area contributed by atoms with Crippen molar-refractivity contribution >= 4 is 11.5 Å². The van der Waals surface area contributed by atoms with Gasteiger partial charge in [0.1, 0.15) is 0 Å². The number of nitrogen functional groups attached to an aromatic ring is 1. The lowest BCUT2D eigenvalue weighted by Crippen LogP contribution is -2.09. The molecule has 1 aromatic heterocycles. The van der Waals surface area contributed by atoms with Crippen LogP contribution in [-0.4, -0.2) is 43.3 Å². The first-order chi connectivity index (χ1) is 7.74. The average molecular weight is 228 g/mol. The van der Waals surface area contributed by atoms with E-state index >= 15 is 0 Å². The average Bonchev–Trinajstić information content (AvgIpc) is 2.56. The van der Waals surface area contributed by atoms with E-state index in [1.54, 1.807) is 18.0 Å². The van der Waals surface area contributed by atoms with E-state index < -0.39 is 0 Å². The van der Waals surface area contributed by atoms with Gasteiger partial charge in [-0.25, -0.2) is 0 Å². The van der Waals surface area contributed by atoms with Gasteiger partial charge in [0.2, 0.25) is 0 Å². The van der Waals surface area contributed by atoms with Crippen molar-refractivity contribution in [2.24, 2.45) is 7.05 Å². The second-order valence-corrected chi connectivity index (χ2v) is 3.49. The predicted molar refractivity (Wildman–Crippen MR) is 63.4 cm³/mol. The highest BCUT2D eigenvalue weighted by molar-refractivity contribution is 5.59. The van der Waals surface area contributed by atoms with Crippen LogP contribution in [0.5, 0.6) is 0 Å². The molecule has 1 rings (SSSR count). The number of hydrogen-bond acceptors (Lipinski definition) is 5. The topological polar surface area (TPSA) is 74.3 Å². The van der Waals surface area contributed by atoms with Crippen LogP contribution in [0, 0.1) is 0 Å². The third-order valence-electron chi connectivity index (χ3n) is 2.05. The quantitative estimate of drug-likeness (QED) is 0.633. The number of rotatable bonds is 8. The minimum Gasteiger partial charge on any atom is -0.394 e. The Balaban J connectivity index is 2.05. The van der Waals surface area contributed by atoms with Crippen LogP contribution in [0.3, 0.4) is 0 Å². The van der Waals surface area contributed by atoms with E-state index in [9.17, 15) is 0 Å². The molecule has 0 unspecified atom stereocenters. The van der Waals surface area contributed by atoms with Gasteiger partial charge in [-0.1, -0.05) is 0 Å². The molecule has 0 fully saturated rings. The molecule has 0 atom stereocenters. The molecule has 0 spiro atoms. The van der Waals surface area contributed by atoms with Gasteiger partial charge in [0.15, 0.2) is 5.82 Å². The molecule has 0 saturated carbocycles. The van der Waals surface area contributed by atoms with Gasteiger partial charge in [-0.3, -0.25) is 4.68 Å². The van der Waals surface area contributed by atoms with Crippen LogP contribution in [0.2, 0.25) is 0 Å². The van der Waals surface area contributed by atoms with Crippen LogP contribution in [-0.2, 0) is 16.5 Å². The normalized spacial score (nSPS) is 10.6. The van der Waals surface area contributed by atoms with E-state index in [0.29, 0.717) is 25.5 Å². The molecule has 6 heteroatoms. The van der Waals surface area contributed by atoms with Crippen molar-refractivity contribution in [1.29, 1.82) is 0 Å². The molecule has 92 valence electrons. The van der Waals surface area contributed by atoms with Gasteiger partial charge in [-0.15, -0.1) is 0 Å². The Morgan fingerprint density at radius 1 is 1.44 bits per heavy atom. The number of aryl methyl sites for hydroxylation is 1. The summed E-state index contributed by atoms with van der Waals surface area (Å²) in [6, 6.07) is 0. The van der Waals surface area contributed by atoms with Crippen molar-refractivity contribution in [2.45, 2.75) is 6.42 Å². The smallest absolute Gasteiger partial charge is 0.171 e. The Morgan fingerprint density at radius 3 is 2.88 bits per heavy atom. The molecular formula is C10H20N4O2. The number of ether oxygens (including phenoxy) is 2. The maximum atomic E-state index is 5.73. The molecule has 0 radical (unpaired) electrons. The zero-order chi connectivity index (χ0) is 11.8. The fourth-order valence-corrected chi connectivity index (χ4v) is 1.27. The van der Waals surface area contributed by atoms with E-state index in [0.717, 1.165) is 18.8 Å². The van der Waals surface area contributed by atoms with Crippen molar-refractivity contribution in [2.75, 3.05) is 44.5 Å². The van der Waals surface area contributed by atoms with Crippen molar-refractivity contribution in [3.8, 4) is 0 Å². The Bertz CT molecular complexity index is 301. The molecule has 16 heavy (non-hydrogen) atoms. The van der Waals surface area contributed by atoms with Crippen LogP contribution in [0.15, 0.2) is 6.20 Å². The maximum absolute atomic E-state index is 5.73. The minimum absolute atomic E-state index is 0.640. The molecule has 3 N–H and O–H groups in total. The van der Waals surface area contributed by atoms with E-state index in [1.807, 2.05) is 7.05 Å². The zero-order valence-electron chi connectivity index (χ0n) is 9.90. The van der Waals surface area contributed by atoms with E-state index in [2.05, 4.69) is 10.4 Å². The van der Waals surface area contributed by atoms with Crippen LogP contribution in [0.1, 0.15) is 6.42 Å². The molecule has 0 aliphatic carbocycles. The summed E-state index contributed by atoms with van der Waals surface area (Å²) in [4.78, 5) is 0. The summed E-state index contributed by atoms with van der Waals surface area (Å²) in [5.41, 5.74) is 6.40. The Hall–Kier alpha value is -1.27. The Kier molecular flexibility index (Phi) is 5.66. The summed E-state index contributed by atoms with van der Waals surface area (Å²) in [5.74, 6) is 0.736. The van der Waals surface area contributed by atoms with Crippen molar-refractivity contribution < 1.29 is 9.47 Å². The number of hydrogen-bond donors (Lipinski definition) is 2. The van der Waals surface area contributed by atoms with Gasteiger partial charge in [-0.2, -0.15) is 5.10 Å². The van der Waals surface area contributed by atoms with Crippen molar-refractivity contribution in [3.05, 3.63) is 6.20 Å². The number of anilines is 2. The Morgan fingerprint density at radius 2 is 2.25 bits per heavy atom. The van der Waals surface area contributed by atoms with Crippen molar-refractivity contribution in [1.82, 2.24) is 9.78 Å². The number of aromatic nitrogens is 2. The molecule has 0 saturated heterocycles. The fourth-order valence-electron chi connectivity index (χ4n) is 1.27. The number of nitrogens with zero attached hydrogens (tertiary/aromatic N) is 2. The van der Waals surface area contributed by atoms with Gasteiger partial charge in [0.25, 0.3) is 0 Å². The van der Waals surface area contributed by atoms with Crippen molar-refractivity contribution in [3.63, 3.8) is 0 Å². The lowest BCUT2D eigenvalue weighted by molar-refractivity contribution is 0.0705. The van der Waals surface area contributed by atoms with Crippen LogP contribution >= 0.6 is 0 Å². The Labute approximate surface area is 95.7 Å². The molecule has 6 nitrogen and oxygen atoms in total. The summed E-state index contributed by atoms with van der Waals surface area (Å²) in [5, 5.41) is 7.33. The van der Waals surface area contributed by atoms with Gasteiger partial charge in [0.05, 0.1) is 18.9 Å². The first-order valence-electron chi connectivity index (χ1n) is 5.33. The molecule has 1 heterocycles. The first-order valence-corrected chi connectivity index (χ1v) is 5.33. The second kappa shape index (κ2) is 7.08. The molecule has 0 amide bonds. The largest absolute Gasteiger partial charge is 0.394 e. The second-order valence-electron chi connectivity index (χ2n) is 3.49. The molecule has 0 bridgehead atoms. The summed E-state index contributed by atoms with van der Waals surface area (Å²) >= 11 is 0. The van der Waals surface area contributed by atoms with Gasteiger partial charge in [0, 0.05) is 33.5 Å². The number of nitrogens with two attached hydrogens (primary N) is 1. The number of nitrogens with one attached hydrogen (secondary N) is 1. The standard InChI is InChI=1S/C10H20N4O2/c1-14-8-9(11)10(13-14)12-4-3-5-16-7-6-15-2/h8H,3-7,11H2,1-2H3,(H,12,13). The SMILES string of the molecule is COCCOCCCNc1nn(C)cc1N. The lowest BCUT2D eigenvalue weighted by atomic mass is 10.4. The minimum atomic E-state index is 0.640. The van der Waals surface area contributed by atoms with E-state index in [1.165, 1.54) is 0 Å². The molecular weight excluding hydrogens is 208 g/mol. The summed E-state index contributed by atoms with van der Waals surface area (Å²) in [7, 11) is 3.50. The molecule has 0 aliphatic heterocycles. The van der Waals surface area contributed by atoms with Gasteiger partial charge in [-0.05, 0) is 6.42 Å². The highest BCUT2D eigenvalue weighted by atomic mass is 16.5. The van der Waals surface area contributed by atoms with E-state index in [-0.39, 0.29) is 0 Å². The third-order valence-corrected chi connectivity index (χ3v) is 2.05. The van der Waals surface area contributed by atoms with Gasteiger partial charge < -0.3 is 20.5 Å². The zero-order valence-corrected chi connectivity index (χ0v) is 9.90. The summed E-state index contributed by atoms with van der Waals surface area (Å²) < 4.78 is 11.9. The van der Waals surface area contributed by atoms with Crippen LogP contribution in [0.4, 0.5) is 11.5 Å². The first kappa shape index (κ1) is 12.8. The number of methoxy groups -OCH3 is 1. The van der Waals surface area contributed by atoms with Crippen LogP contribution in [0.25, 0.3) is 0 Å². The monoisotopic (exact) mass is 228 g/mol. The van der Waals surface area contributed by atoms with E-state index in [4.69, 9.17) is 15.2 Å². The van der Waals surface area contributed by atoms with Crippen LogP contribution < -0.4 is 11.1 Å². The summed E-state index contributed by atoms with van der Waals surface area (Å²) in [6.07, 6.45) is 2.69. The highest BCUT2D eigenvalue weighted by Crippen LogP contribution is 2.13. The maximum Gasteiger partial charge on any atom is 0.171 e. The summed E-state index contributed by atoms with van der Waals surface area (Å²) in [6.45, 7) is 2.79. The van der Waals surface area contributed by atoms with Gasteiger partial charge >= 0.3 is 0 Å².